The number of carbonyl (C=O) groups excluding carboxylic acids is 1. The minimum absolute atomic E-state index is 0.227. The summed E-state index contributed by atoms with van der Waals surface area (Å²) < 4.78 is 0. The topological polar surface area (TPSA) is 42.0 Å². The highest BCUT2D eigenvalue weighted by Gasteiger charge is 2.15. The average Bonchev–Trinajstić information content (AvgIpc) is 2.50. The molecule has 1 amide bonds. The zero-order valence-corrected chi connectivity index (χ0v) is 12.7. The molecule has 0 bridgehead atoms. The van der Waals surface area contributed by atoms with Crippen molar-refractivity contribution in [3.05, 3.63) is 76.6 Å². The van der Waals surface area contributed by atoms with Gasteiger partial charge in [-0.25, -0.2) is 0 Å². The molecule has 0 aliphatic rings. The lowest BCUT2D eigenvalue weighted by molar-refractivity contribution is -0.117. The van der Waals surface area contributed by atoms with Crippen molar-refractivity contribution in [1.82, 2.24) is 10.3 Å². The molecule has 108 valence electrons. The summed E-state index contributed by atoms with van der Waals surface area (Å²) in [7, 11) is 0. The van der Waals surface area contributed by atoms with Crippen LogP contribution in [0.1, 0.15) is 17.2 Å². The fourth-order valence-electron chi connectivity index (χ4n) is 1.97. The van der Waals surface area contributed by atoms with Gasteiger partial charge in [0.15, 0.2) is 0 Å². The van der Waals surface area contributed by atoms with Gasteiger partial charge in [-0.1, -0.05) is 41.9 Å². The quantitative estimate of drug-likeness (QED) is 0.847. The van der Waals surface area contributed by atoms with E-state index in [0.717, 1.165) is 11.1 Å². The molecular formula is C16H14Cl2N2O. The normalized spacial score (nSPS) is 11.7. The lowest BCUT2D eigenvalue weighted by atomic mass is 9.99. The van der Waals surface area contributed by atoms with Gasteiger partial charge in [-0.15, -0.1) is 0 Å². The number of nitrogens with one attached hydrogen (secondary N) is 1. The number of amides is 1. The maximum absolute atomic E-state index is 11.6. The van der Waals surface area contributed by atoms with Crippen LogP contribution in [0.5, 0.6) is 0 Å². The largest absolute Gasteiger partial charge is 0.345 e. The van der Waals surface area contributed by atoms with Crippen LogP contribution in [0.3, 0.4) is 0 Å². The molecule has 1 unspecified atom stereocenters. The van der Waals surface area contributed by atoms with Gasteiger partial charge in [0, 0.05) is 12.4 Å². The smallest absolute Gasteiger partial charge is 0.243 e. The lowest BCUT2D eigenvalue weighted by Crippen LogP contribution is -2.28. The second-order valence-corrected chi connectivity index (χ2v) is 5.32. The van der Waals surface area contributed by atoms with Crippen molar-refractivity contribution < 1.29 is 4.79 Å². The maximum Gasteiger partial charge on any atom is 0.243 e. The third-order valence-electron chi connectivity index (χ3n) is 3.01. The molecule has 1 aromatic carbocycles. The second kappa shape index (κ2) is 7.25. The van der Waals surface area contributed by atoms with Crippen LogP contribution >= 0.6 is 23.2 Å². The van der Waals surface area contributed by atoms with Crippen LogP contribution < -0.4 is 5.32 Å². The summed E-state index contributed by atoms with van der Waals surface area (Å²) in [6.45, 7) is 3.47. The van der Waals surface area contributed by atoms with Crippen molar-refractivity contribution in [1.29, 1.82) is 0 Å². The highest BCUT2D eigenvalue weighted by atomic mass is 35.5. The standard InChI is InChI=1S/C16H14Cl2N2O/c1-2-16(21)20-15(8-11-4-3-7-19-10-11)12-5-6-13(17)14(18)9-12/h2-7,9-10,15H,1,8H2,(H,20,21). The van der Waals surface area contributed by atoms with E-state index in [4.69, 9.17) is 23.2 Å². The van der Waals surface area contributed by atoms with E-state index in [0.29, 0.717) is 16.5 Å². The molecule has 0 aliphatic heterocycles. The van der Waals surface area contributed by atoms with Gasteiger partial charge >= 0.3 is 0 Å². The lowest BCUT2D eigenvalue weighted by Gasteiger charge is -2.19. The first kappa shape index (κ1) is 15.5. The highest BCUT2D eigenvalue weighted by Crippen LogP contribution is 2.27. The molecule has 3 nitrogen and oxygen atoms in total. The summed E-state index contributed by atoms with van der Waals surface area (Å²) in [6.07, 6.45) is 5.32. The third-order valence-corrected chi connectivity index (χ3v) is 3.75. The van der Waals surface area contributed by atoms with Crippen molar-refractivity contribution in [2.24, 2.45) is 0 Å². The monoisotopic (exact) mass is 320 g/mol. The van der Waals surface area contributed by atoms with Crippen molar-refractivity contribution >= 4 is 29.1 Å². The number of aromatic nitrogens is 1. The van der Waals surface area contributed by atoms with E-state index >= 15 is 0 Å². The fraction of sp³-hybridized carbons (Fsp3) is 0.125. The number of halogens is 2. The van der Waals surface area contributed by atoms with Gasteiger partial charge in [0.25, 0.3) is 0 Å². The Labute approximate surface area is 133 Å². The first-order chi connectivity index (χ1) is 10.1. The number of hydrogen-bond donors (Lipinski definition) is 1. The van der Waals surface area contributed by atoms with Crippen molar-refractivity contribution in [3.63, 3.8) is 0 Å². The predicted molar refractivity (Wildman–Crippen MR) is 85.5 cm³/mol. The molecule has 0 aliphatic carbocycles. The molecule has 1 N–H and O–H groups in total. The van der Waals surface area contributed by atoms with Gasteiger partial charge in [0.05, 0.1) is 16.1 Å². The van der Waals surface area contributed by atoms with Gasteiger partial charge in [-0.3, -0.25) is 9.78 Å². The molecule has 1 atom stereocenters. The zero-order valence-electron chi connectivity index (χ0n) is 11.2. The summed E-state index contributed by atoms with van der Waals surface area (Å²) in [5.41, 5.74) is 1.89. The number of rotatable bonds is 5. The van der Waals surface area contributed by atoms with Crippen molar-refractivity contribution in [3.8, 4) is 0 Å². The van der Waals surface area contributed by atoms with Crippen molar-refractivity contribution in [2.75, 3.05) is 0 Å². The molecule has 2 aromatic rings. The Kier molecular flexibility index (Phi) is 5.37. The summed E-state index contributed by atoms with van der Waals surface area (Å²) in [5.74, 6) is -0.241. The SMILES string of the molecule is C=CC(=O)NC(Cc1cccnc1)c1ccc(Cl)c(Cl)c1. The Bertz CT molecular complexity index is 644. The van der Waals surface area contributed by atoms with E-state index in [2.05, 4.69) is 16.9 Å². The summed E-state index contributed by atoms with van der Waals surface area (Å²) >= 11 is 12.0. The molecule has 21 heavy (non-hydrogen) atoms. The van der Waals surface area contributed by atoms with Crippen LogP contribution in [0.2, 0.25) is 10.0 Å². The molecular weight excluding hydrogens is 307 g/mol. The maximum atomic E-state index is 11.6. The Morgan fingerprint density at radius 1 is 1.33 bits per heavy atom. The summed E-state index contributed by atoms with van der Waals surface area (Å²) in [6, 6.07) is 8.91. The molecule has 0 fully saturated rings. The van der Waals surface area contributed by atoms with E-state index in [1.54, 1.807) is 24.5 Å². The molecule has 0 spiro atoms. The van der Waals surface area contributed by atoms with Crippen LogP contribution in [0, 0.1) is 0 Å². The molecule has 1 heterocycles. The van der Waals surface area contributed by atoms with E-state index in [9.17, 15) is 4.79 Å². The van der Waals surface area contributed by atoms with Crippen LogP contribution in [0.4, 0.5) is 0 Å². The van der Waals surface area contributed by atoms with Gasteiger partial charge in [-0.05, 0) is 41.8 Å². The van der Waals surface area contributed by atoms with Gasteiger partial charge < -0.3 is 5.32 Å². The fourth-order valence-corrected chi connectivity index (χ4v) is 2.27. The number of hydrogen-bond acceptors (Lipinski definition) is 2. The van der Waals surface area contributed by atoms with Gasteiger partial charge in [0.1, 0.15) is 0 Å². The van der Waals surface area contributed by atoms with Crippen LogP contribution in [0.25, 0.3) is 0 Å². The molecule has 5 heteroatoms. The molecule has 0 saturated heterocycles. The Hall–Kier alpha value is -1.84. The van der Waals surface area contributed by atoms with E-state index < -0.39 is 0 Å². The van der Waals surface area contributed by atoms with Gasteiger partial charge in [-0.2, -0.15) is 0 Å². The minimum Gasteiger partial charge on any atom is -0.345 e. The van der Waals surface area contributed by atoms with Crippen LogP contribution in [-0.4, -0.2) is 10.9 Å². The third kappa shape index (κ3) is 4.31. The first-order valence-electron chi connectivity index (χ1n) is 6.37. The predicted octanol–water partition coefficient (Wildman–Crippen LogP) is 3.97. The number of benzene rings is 1. The summed E-state index contributed by atoms with van der Waals surface area (Å²) in [5, 5.41) is 3.83. The summed E-state index contributed by atoms with van der Waals surface area (Å²) in [4.78, 5) is 15.7. The van der Waals surface area contributed by atoms with Crippen molar-refractivity contribution in [2.45, 2.75) is 12.5 Å². The second-order valence-electron chi connectivity index (χ2n) is 4.50. The molecule has 2 rings (SSSR count). The molecule has 0 radical (unpaired) electrons. The van der Waals surface area contributed by atoms with Crippen LogP contribution in [0.15, 0.2) is 55.4 Å². The zero-order chi connectivity index (χ0) is 15.2. The molecule has 0 saturated carbocycles. The Morgan fingerprint density at radius 2 is 2.14 bits per heavy atom. The Balaban J connectivity index is 2.28. The minimum atomic E-state index is -0.241. The highest BCUT2D eigenvalue weighted by molar-refractivity contribution is 6.42. The Morgan fingerprint density at radius 3 is 2.76 bits per heavy atom. The van der Waals surface area contributed by atoms with E-state index in [1.807, 2.05) is 18.2 Å². The van der Waals surface area contributed by atoms with Gasteiger partial charge in [0.2, 0.25) is 5.91 Å². The van der Waals surface area contributed by atoms with E-state index in [-0.39, 0.29) is 11.9 Å². The van der Waals surface area contributed by atoms with E-state index in [1.165, 1.54) is 6.08 Å². The number of pyridine rings is 1. The number of carbonyl (C=O) groups is 1. The molecule has 1 aromatic heterocycles. The number of nitrogens with zero attached hydrogens (tertiary/aromatic N) is 1. The first-order valence-corrected chi connectivity index (χ1v) is 7.12. The average molecular weight is 321 g/mol. The van der Waals surface area contributed by atoms with Crippen LogP contribution in [-0.2, 0) is 11.2 Å².